The molecule has 2 heteroatoms. The molecule has 0 aromatic heterocycles. The number of aliphatic hydroxyl groups is 1. The Morgan fingerprint density at radius 2 is 2.00 bits per heavy atom. The number of aromatic hydroxyl groups is 1. The van der Waals surface area contributed by atoms with Crippen LogP contribution in [0.3, 0.4) is 0 Å². The van der Waals surface area contributed by atoms with Crippen LogP contribution in [0.2, 0.25) is 0 Å². The van der Waals surface area contributed by atoms with Crippen molar-refractivity contribution in [1.82, 2.24) is 0 Å². The zero-order valence-electron chi connectivity index (χ0n) is 8.64. The van der Waals surface area contributed by atoms with Gasteiger partial charge in [0.05, 0.1) is 0 Å². The smallest absolute Gasteiger partial charge is 0.123 e. The maximum absolute atomic E-state index is 9.66. The highest BCUT2D eigenvalue weighted by Crippen LogP contribution is 2.28. The van der Waals surface area contributed by atoms with E-state index in [0.29, 0.717) is 11.1 Å². The van der Waals surface area contributed by atoms with Gasteiger partial charge in [-0.2, -0.15) is 0 Å². The molecule has 0 saturated heterocycles. The summed E-state index contributed by atoms with van der Waals surface area (Å²) in [6.45, 7) is 5.30. The maximum atomic E-state index is 9.66. The van der Waals surface area contributed by atoms with Crippen molar-refractivity contribution < 1.29 is 10.2 Å². The Morgan fingerprint density at radius 1 is 1.33 bits per heavy atom. The molecular weight excluding hydrogens is 188 g/mol. The number of allylic oxidation sites excluding steroid dienone is 4. The second kappa shape index (κ2) is 5.05. The highest BCUT2D eigenvalue weighted by molar-refractivity contribution is 5.80. The molecule has 0 saturated carbocycles. The topological polar surface area (TPSA) is 40.5 Å². The van der Waals surface area contributed by atoms with Crippen molar-refractivity contribution in [2.75, 3.05) is 0 Å². The molecule has 0 unspecified atom stereocenters. The average Bonchev–Trinajstić information content (AvgIpc) is 2.26. The summed E-state index contributed by atoms with van der Waals surface area (Å²) >= 11 is 0. The third-order valence-electron chi connectivity index (χ3n) is 2.03. The maximum Gasteiger partial charge on any atom is 0.123 e. The third kappa shape index (κ3) is 2.50. The van der Waals surface area contributed by atoms with E-state index in [1.807, 2.05) is 0 Å². The van der Waals surface area contributed by atoms with Gasteiger partial charge in [-0.15, -0.1) is 0 Å². The molecule has 1 aromatic rings. The van der Waals surface area contributed by atoms with Gasteiger partial charge in [-0.3, -0.25) is 0 Å². The number of rotatable bonds is 3. The predicted molar refractivity (Wildman–Crippen MR) is 62.7 cm³/mol. The summed E-state index contributed by atoms with van der Waals surface area (Å²) < 4.78 is 0. The molecule has 0 aliphatic rings. The lowest BCUT2D eigenvalue weighted by Crippen LogP contribution is -1.89. The van der Waals surface area contributed by atoms with E-state index in [0.717, 1.165) is 0 Å². The molecule has 0 bridgehead atoms. The van der Waals surface area contributed by atoms with Crippen LogP contribution in [0, 0.1) is 0 Å². The zero-order valence-corrected chi connectivity index (χ0v) is 8.64. The molecule has 0 radical (unpaired) electrons. The molecule has 0 heterocycles. The Bertz CT molecular complexity index is 414. The van der Waals surface area contributed by atoms with E-state index in [1.54, 1.807) is 49.4 Å². The second-order valence-corrected chi connectivity index (χ2v) is 3.01. The fourth-order valence-electron chi connectivity index (χ4n) is 1.29. The van der Waals surface area contributed by atoms with Crippen LogP contribution in [0.4, 0.5) is 0 Å². The third-order valence-corrected chi connectivity index (χ3v) is 2.03. The van der Waals surface area contributed by atoms with Crippen molar-refractivity contribution in [1.29, 1.82) is 0 Å². The van der Waals surface area contributed by atoms with Crippen LogP contribution < -0.4 is 0 Å². The summed E-state index contributed by atoms with van der Waals surface area (Å²) in [7, 11) is 0. The van der Waals surface area contributed by atoms with Crippen molar-refractivity contribution in [2.45, 2.75) is 6.92 Å². The van der Waals surface area contributed by atoms with Gasteiger partial charge in [0.15, 0.2) is 0 Å². The van der Waals surface area contributed by atoms with E-state index in [9.17, 15) is 10.2 Å². The number of aliphatic hydroxyl groups excluding tert-OH is 1. The van der Waals surface area contributed by atoms with E-state index in [-0.39, 0.29) is 11.5 Å². The predicted octanol–water partition coefficient (Wildman–Crippen LogP) is 3.42. The normalized spacial score (nSPS) is 12.6. The molecule has 0 aliphatic carbocycles. The molecule has 1 rings (SSSR count). The summed E-state index contributed by atoms with van der Waals surface area (Å²) in [5, 5.41) is 19.3. The molecule has 78 valence electrons. The first-order valence-electron chi connectivity index (χ1n) is 4.67. The van der Waals surface area contributed by atoms with E-state index in [1.165, 1.54) is 0 Å². The number of phenolic OH excluding ortho intramolecular Hbond substituents is 1. The SMILES string of the molecule is C=C/C=C(\C(O)=C/C)c1ccccc1O. The summed E-state index contributed by atoms with van der Waals surface area (Å²) in [6.07, 6.45) is 4.80. The highest BCUT2D eigenvalue weighted by atomic mass is 16.3. The summed E-state index contributed by atoms with van der Waals surface area (Å²) in [6, 6.07) is 6.85. The second-order valence-electron chi connectivity index (χ2n) is 3.01. The highest BCUT2D eigenvalue weighted by Gasteiger charge is 2.08. The first-order chi connectivity index (χ1) is 7.20. The molecule has 1 aromatic carbocycles. The Morgan fingerprint density at radius 3 is 2.53 bits per heavy atom. The minimum Gasteiger partial charge on any atom is -0.508 e. The van der Waals surface area contributed by atoms with Crippen LogP contribution >= 0.6 is 0 Å². The van der Waals surface area contributed by atoms with Gasteiger partial charge < -0.3 is 10.2 Å². The molecular formula is C13H14O2. The van der Waals surface area contributed by atoms with E-state index >= 15 is 0 Å². The summed E-state index contributed by atoms with van der Waals surface area (Å²) in [4.78, 5) is 0. The van der Waals surface area contributed by atoms with Crippen LogP contribution in [0.15, 0.2) is 54.8 Å². The van der Waals surface area contributed by atoms with E-state index < -0.39 is 0 Å². The Hall–Kier alpha value is -1.96. The van der Waals surface area contributed by atoms with Crippen molar-refractivity contribution in [3.8, 4) is 5.75 Å². The molecule has 0 atom stereocenters. The van der Waals surface area contributed by atoms with E-state index in [4.69, 9.17) is 0 Å². The lowest BCUT2D eigenvalue weighted by atomic mass is 10.0. The van der Waals surface area contributed by atoms with Gasteiger partial charge in [0.2, 0.25) is 0 Å². The summed E-state index contributed by atoms with van der Waals surface area (Å²) in [5.74, 6) is 0.260. The van der Waals surface area contributed by atoms with Crippen molar-refractivity contribution in [3.63, 3.8) is 0 Å². The van der Waals surface area contributed by atoms with Crippen LogP contribution in [-0.4, -0.2) is 10.2 Å². The molecule has 0 amide bonds. The Balaban J connectivity index is 3.29. The molecule has 0 spiro atoms. The lowest BCUT2D eigenvalue weighted by Gasteiger charge is -2.07. The molecule has 2 N–H and O–H groups in total. The standard InChI is InChI=1S/C13H14O2/c1-3-7-10(12(14)4-2)11-8-5-6-9-13(11)15/h3-9,14-15H,1H2,2H3/b10-7-,12-4+. The minimum atomic E-state index is 0.122. The van der Waals surface area contributed by atoms with E-state index in [2.05, 4.69) is 6.58 Å². The molecule has 2 nitrogen and oxygen atoms in total. The molecule has 0 fully saturated rings. The van der Waals surface area contributed by atoms with Gasteiger partial charge in [-0.25, -0.2) is 0 Å². The first-order valence-corrected chi connectivity index (χ1v) is 4.67. The van der Waals surface area contributed by atoms with Crippen molar-refractivity contribution in [3.05, 3.63) is 60.4 Å². The van der Waals surface area contributed by atoms with Crippen molar-refractivity contribution in [2.24, 2.45) is 0 Å². The average molecular weight is 202 g/mol. The monoisotopic (exact) mass is 202 g/mol. The van der Waals surface area contributed by atoms with Gasteiger partial charge in [0, 0.05) is 11.1 Å². The van der Waals surface area contributed by atoms with Crippen LogP contribution in [0.25, 0.3) is 5.57 Å². The zero-order chi connectivity index (χ0) is 11.3. The number of phenols is 1. The molecule has 0 aliphatic heterocycles. The largest absolute Gasteiger partial charge is 0.508 e. The lowest BCUT2D eigenvalue weighted by molar-refractivity contribution is 0.434. The number of hydrogen-bond donors (Lipinski definition) is 2. The number of hydrogen-bond acceptors (Lipinski definition) is 2. The van der Waals surface area contributed by atoms with Crippen LogP contribution in [0.1, 0.15) is 12.5 Å². The van der Waals surface area contributed by atoms with Crippen molar-refractivity contribution >= 4 is 5.57 Å². The fraction of sp³-hybridized carbons (Fsp3) is 0.0769. The Labute approximate surface area is 89.5 Å². The van der Waals surface area contributed by atoms with Crippen LogP contribution in [-0.2, 0) is 0 Å². The number of para-hydroxylation sites is 1. The van der Waals surface area contributed by atoms with Gasteiger partial charge in [-0.1, -0.05) is 36.9 Å². The van der Waals surface area contributed by atoms with Gasteiger partial charge in [-0.05, 0) is 19.1 Å². The summed E-state index contributed by atoms with van der Waals surface area (Å²) in [5.41, 5.74) is 1.15. The fourth-order valence-corrected chi connectivity index (χ4v) is 1.29. The first kappa shape index (κ1) is 11.1. The molecule has 15 heavy (non-hydrogen) atoms. The quantitative estimate of drug-likeness (QED) is 0.582. The van der Waals surface area contributed by atoms with Crippen LogP contribution in [0.5, 0.6) is 5.75 Å². The number of benzene rings is 1. The Kier molecular flexibility index (Phi) is 3.75. The van der Waals surface area contributed by atoms with Gasteiger partial charge in [0.25, 0.3) is 0 Å². The minimum absolute atomic E-state index is 0.122. The van der Waals surface area contributed by atoms with Gasteiger partial charge in [0.1, 0.15) is 11.5 Å². The van der Waals surface area contributed by atoms with Gasteiger partial charge >= 0.3 is 0 Å².